The van der Waals surface area contributed by atoms with Crippen LogP contribution in [0, 0.1) is 36.0 Å². The van der Waals surface area contributed by atoms with Crippen LogP contribution in [-0.4, -0.2) is 35.0 Å². The van der Waals surface area contributed by atoms with Gasteiger partial charge in [-0.15, -0.1) is 6.42 Å². The molecule has 2 aliphatic rings. The Balaban J connectivity index is 2.07. The minimum absolute atomic E-state index is 0.0433. The Kier molecular flexibility index (Phi) is 4.69. The van der Waals surface area contributed by atoms with Gasteiger partial charge < -0.3 is 10.0 Å². The molecule has 1 N–H and O–H groups in total. The van der Waals surface area contributed by atoms with Crippen molar-refractivity contribution in [3.63, 3.8) is 0 Å². The number of aliphatic carboxylic acids is 1. The predicted molar refractivity (Wildman–Crippen MR) is 75.8 cm³/mol. The third-order valence-electron chi connectivity index (χ3n) is 4.64. The molecule has 110 valence electrons. The van der Waals surface area contributed by atoms with Crippen LogP contribution in [-0.2, 0) is 9.59 Å². The quantitative estimate of drug-likeness (QED) is 0.755. The number of terminal acetylenes is 1. The van der Waals surface area contributed by atoms with Crippen molar-refractivity contribution in [2.24, 2.45) is 23.7 Å². The van der Waals surface area contributed by atoms with Crippen molar-refractivity contribution in [2.45, 2.75) is 39.0 Å². The van der Waals surface area contributed by atoms with Gasteiger partial charge in [-0.05, 0) is 37.5 Å². The summed E-state index contributed by atoms with van der Waals surface area (Å²) in [5.74, 6) is 1.64. The molecular weight excluding hydrogens is 254 g/mol. The third kappa shape index (κ3) is 3.33. The lowest BCUT2D eigenvalue weighted by molar-refractivity contribution is -0.149. The molecule has 0 heterocycles. The molecule has 0 aromatic rings. The second-order valence-electron chi connectivity index (χ2n) is 6.16. The molecule has 2 saturated carbocycles. The van der Waals surface area contributed by atoms with Gasteiger partial charge in [-0.25, -0.2) is 0 Å². The maximum Gasteiger partial charge on any atom is 0.307 e. The molecule has 2 rings (SSSR count). The van der Waals surface area contributed by atoms with Gasteiger partial charge in [0.2, 0.25) is 5.91 Å². The molecule has 0 saturated heterocycles. The molecule has 0 bridgehead atoms. The first-order chi connectivity index (χ1) is 9.56. The van der Waals surface area contributed by atoms with E-state index in [1.54, 1.807) is 4.90 Å². The van der Waals surface area contributed by atoms with Crippen molar-refractivity contribution in [3.8, 4) is 12.3 Å². The van der Waals surface area contributed by atoms with Crippen LogP contribution < -0.4 is 0 Å². The molecule has 2 fully saturated rings. The summed E-state index contributed by atoms with van der Waals surface area (Å²) in [5.41, 5.74) is 0. The fourth-order valence-electron chi connectivity index (χ4n) is 3.21. The van der Waals surface area contributed by atoms with Crippen LogP contribution in [0.5, 0.6) is 0 Å². The van der Waals surface area contributed by atoms with Gasteiger partial charge in [0.25, 0.3) is 0 Å². The van der Waals surface area contributed by atoms with Crippen molar-refractivity contribution in [1.82, 2.24) is 4.90 Å². The lowest BCUT2D eigenvalue weighted by Gasteiger charge is -2.25. The molecular formula is C16H23NO3. The number of hydrogen-bond acceptors (Lipinski definition) is 2. The molecule has 4 heteroatoms. The maximum absolute atomic E-state index is 12.6. The first-order valence-corrected chi connectivity index (χ1v) is 7.51. The Hall–Kier alpha value is -1.50. The summed E-state index contributed by atoms with van der Waals surface area (Å²) in [6.45, 7) is 3.05. The Bertz CT molecular complexity index is 422. The molecule has 0 aromatic heterocycles. The van der Waals surface area contributed by atoms with Gasteiger partial charge in [-0.1, -0.05) is 19.3 Å². The highest BCUT2D eigenvalue weighted by molar-refractivity contribution is 5.85. The third-order valence-corrected chi connectivity index (χ3v) is 4.64. The minimum Gasteiger partial charge on any atom is -0.481 e. The summed E-state index contributed by atoms with van der Waals surface area (Å²) >= 11 is 0. The van der Waals surface area contributed by atoms with Crippen molar-refractivity contribution < 1.29 is 14.7 Å². The summed E-state index contributed by atoms with van der Waals surface area (Å²) in [5, 5.41) is 9.34. The molecule has 0 aliphatic heterocycles. The number of rotatable bonds is 6. The maximum atomic E-state index is 12.6. The van der Waals surface area contributed by atoms with E-state index in [9.17, 15) is 14.7 Å². The highest BCUT2D eigenvalue weighted by Gasteiger charge is 2.44. The van der Waals surface area contributed by atoms with E-state index in [1.807, 2.05) is 0 Å². The Labute approximate surface area is 120 Å². The highest BCUT2D eigenvalue weighted by Crippen LogP contribution is 2.40. The summed E-state index contributed by atoms with van der Waals surface area (Å²) < 4.78 is 0. The van der Waals surface area contributed by atoms with E-state index in [2.05, 4.69) is 12.8 Å². The average molecular weight is 277 g/mol. The standard InChI is InChI=1S/C16H23NO3/c1-3-7-17(10-12-5-6-12)15(18)13-8-11(4-2)9-14(13)16(19)20/h1,11-14H,4-10H2,2H3,(H,19,20). The van der Waals surface area contributed by atoms with Crippen LogP contribution in [0.25, 0.3) is 0 Å². The smallest absolute Gasteiger partial charge is 0.307 e. The van der Waals surface area contributed by atoms with E-state index in [0.29, 0.717) is 37.8 Å². The fourth-order valence-corrected chi connectivity index (χ4v) is 3.21. The van der Waals surface area contributed by atoms with Gasteiger partial charge in [0.15, 0.2) is 0 Å². The first-order valence-electron chi connectivity index (χ1n) is 7.51. The Morgan fingerprint density at radius 3 is 2.40 bits per heavy atom. The molecule has 0 aromatic carbocycles. The number of hydrogen-bond donors (Lipinski definition) is 1. The van der Waals surface area contributed by atoms with E-state index in [1.165, 1.54) is 0 Å². The SMILES string of the molecule is C#CCN(CC1CC1)C(=O)C1CC(CC)CC1C(=O)O. The van der Waals surface area contributed by atoms with Crippen molar-refractivity contribution in [1.29, 1.82) is 0 Å². The second kappa shape index (κ2) is 6.30. The lowest BCUT2D eigenvalue weighted by Crippen LogP contribution is -2.40. The van der Waals surface area contributed by atoms with Crippen LogP contribution in [0.4, 0.5) is 0 Å². The highest BCUT2D eigenvalue weighted by atomic mass is 16.4. The zero-order chi connectivity index (χ0) is 14.7. The summed E-state index contributed by atoms with van der Waals surface area (Å²) in [4.78, 5) is 25.7. The van der Waals surface area contributed by atoms with Crippen LogP contribution in [0.2, 0.25) is 0 Å². The summed E-state index contributed by atoms with van der Waals surface area (Å²) in [7, 11) is 0. The van der Waals surface area contributed by atoms with Crippen LogP contribution in [0.15, 0.2) is 0 Å². The van der Waals surface area contributed by atoms with Gasteiger partial charge in [0.1, 0.15) is 0 Å². The van der Waals surface area contributed by atoms with E-state index >= 15 is 0 Å². The summed E-state index contributed by atoms with van der Waals surface area (Å²) in [6, 6.07) is 0. The molecule has 4 nitrogen and oxygen atoms in total. The van der Waals surface area contributed by atoms with Crippen molar-refractivity contribution >= 4 is 11.9 Å². The molecule has 2 aliphatic carbocycles. The van der Waals surface area contributed by atoms with Crippen molar-refractivity contribution in [2.75, 3.05) is 13.1 Å². The van der Waals surface area contributed by atoms with Crippen LogP contribution in [0.1, 0.15) is 39.0 Å². The number of nitrogens with zero attached hydrogens (tertiary/aromatic N) is 1. The van der Waals surface area contributed by atoms with Crippen LogP contribution >= 0.6 is 0 Å². The normalized spacial score (nSPS) is 28.9. The van der Waals surface area contributed by atoms with Crippen LogP contribution in [0.3, 0.4) is 0 Å². The van der Waals surface area contributed by atoms with E-state index in [0.717, 1.165) is 19.3 Å². The van der Waals surface area contributed by atoms with Gasteiger partial charge in [-0.2, -0.15) is 0 Å². The predicted octanol–water partition coefficient (Wildman–Crippen LogP) is 2.00. The van der Waals surface area contributed by atoms with Gasteiger partial charge in [-0.3, -0.25) is 9.59 Å². The van der Waals surface area contributed by atoms with E-state index in [-0.39, 0.29) is 11.8 Å². The topological polar surface area (TPSA) is 57.6 Å². The number of carbonyl (C=O) groups excluding carboxylic acids is 1. The fraction of sp³-hybridized carbons (Fsp3) is 0.750. The van der Waals surface area contributed by atoms with E-state index in [4.69, 9.17) is 6.42 Å². The first kappa shape index (κ1) is 14.9. The lowest BCUT2D eigenvalue weighted by atomic mass is 9.94. The Morgan fingerprint density at radius 2 is 1.90 bits per heavy atom. The zero-order valence-corrected chi connectivity index (χ0v) is 12.0. The number of carboxylic acid groups (broad SMARTS) is 1. The molecule has 3 unspecified atom stereocenters. The number of carbonyl (C=O) groups is 2. The number of carboxylic acids is 1. The largest absolute Gasteiger partial charge is 0.481 e. The zero-order valence-electron chi connectivity index (χ0n) is 12.0. The monoisotopic (exact) mass is 277 g/mol. The average Bonchev–Trinajstić information content (AvgIpc) is 3.12. The van der Waals surface area contributed by atoms with E-state index < -0.39 is 11.9 Å². The molecule has 0 spiro atoms. The number of amides is 1. The van der Waals surface area contributed by atoms with Gasteiger partial charge >= 0.3 is 5.97 Å². The van der Waals surface area contributed by atoms with Gasteiger partial charge in [0.05, 0.1) is 18.4 Å². The molecule has 20 heavy (non-hydrogen) atoms. The summed E-state index contributed by atoms with van der Waals surface area (Å²) in [6.07, 6.45) is 9.90. The van der Waals surface area contributed by atoms with Crippen molar-refractivity contribution in [3.05, 3.63) is 0 Å². The molecule has 0 radical (unpaired) electrons. The molecule has 1 amide bonds. The minimum atomic E-state index is -0.841. The molecule has 3 atom stereocenters. The Morgan fingerprint density at radius 1 is 1.25 bits per heavy atom. The second-order valence-corrected chi connectivity index (χ2v) is 6.16. The van der Waals surface area contributed by atoms with Gasteiger partial charge in [0, 0.05) is 6.54 Å².